The summed E-state index contributed by atoms with van der Waals surface area (Å²) in [6.07, 6.45) is 7.69. The summed E-state index contributed by atoms with van der Waals surface area (Å²) in [6.45, 7) is 8.81. The topological polar surface area (TPSA) is 21.3 Å². The third kappa shape index (κ3) is 5.96. The van der Waals surface area contributed by atoms with Crippen LogP contribution >= 0.6 is 0 Å². The summed E-state index contributed by atoms with van der Waals surface area (Å²) in [7, 11) is 1.75. The zero-order valence-electron chi connectivity index (χ0n) is 13.7. The molecule has 0 heterocycles. The Morgan fingerprint density at radius 2 is 1.60 bits per heavy atom. The minimum atomic E-state index is 1.04. The fraction of sp³-hybridized carbons (Fsp3) is 0.667. The molecule has 1 aromatic rings. The van der Waals surface area contributed by atoms with Crippen molar-refractivity contribution < 1.29 is 4.74 Å². The summed E-state index contributed by atoms with van der Waals surface area (Å²) >= 11 is 0. The Morgan fingerprint density at radius 1 is 0.950 bits per heavy atom. The van der Waals surface area contributed by atoms with Gasteiger partial charge in [-0.2, -0.15) is 0 Å². The molecule has 0 aliphatic heterocycles. The van der Waals surface area contributed by atoms with Gasteiger partial charge in [0.05, 0.1) is 7.11 Å². The van der Waals surface area contributed by atoms with Gasteiger partial charge in [0, 0.05) is 0 Å². The van der Waals surface area contributed by atoms with Crippen molar-refractivity contribution in [2.75, 3.05) is 20.2 Å². The van der Waals surface area contributed by atoms with Crippen LogP contribution in [0.2, 0.25) is 0 Å². The van der Waals surface area contributed by atoms with Gasteiger partial charge in [0.25, 0.3) is 0 Å². The second kappa shape index (κ2) is 9.82. The number of methoxy groups -OCH3 is 1. The largest absolute Gasteiger partial charge is 0.496 e. The minimum Gasteiger partial charge on any atom is -0.496 e. The van der Waals surface area contributed by atoms with Crippen molar-refractivity contribution in [3.63, 3.8) is 0 Å². The van der Waals surface area contributed by atoms with E-state index in [-0.39, 0.29) is 0 Å². The number of hydrogen-bond acceptors (Lipinski definition) is 2. The lowest BCUT2D eigenvalue weighted by atomic mass is 10.0. The maximum atomic E-state index is 5.41. The predicted molar refractivity (Wildman–Crippen MR) is 87.8 cm³/mol. The van der Waals surface area contributed by atoms with Gasteiger partial charge in [-0.15, -0.1) is 0 Å². The van der Waals surface area contributed by atoms with Crippen molar-refractivity contribution in [3.8, 4) is 5.75 Å². The Morgan fingerprint density at radius 3 is 2.20 bits per heavy atom. The summed E-state index contributed by atoms with van der Waals surface area (Å²) < 4.78 is 5.41. The zero-order valence-corrected chi connectivity index (χ0v) is 13.7. The predicted octanol–water partition coefficient (Wildman–Crippen LogP) is 4.41. The molecule has 0 radical (unpaired) electrons. The van der Waals surface area contributed by atoms with Crippen molar-refractivity contribution in [2.24, 2.45) is 0 Å². The smallest absolute Gasteiger partial charge is 0.124 e. The fourth-order valence-corrected chi connectivity index (χ4v) is 2.74. The maximum absolute atomic E-state index is 5.41. The normalized spacial score (nSPS) is 10.8. The first kappa shape index (κ1) is 17.0. The third-order valence-electron chi connectivity index (χ3n) is 3.72. The van der Waals surface area contributed by atoms with Gasteiger partial charge >= 0.3 is 0 Å². The number of ether oxygens (including phenoxy) is 1. The lowest BCUT2D eigenvalue weighted by molar-refractivity contribution is 0.408. The number of rotatable bonds is 10. The Hall–Kier alpha value is -1.02. The minimum absolute atomic E-state index is 1.04. The van der Waals surface area contributed by atoms with Gasteiger partial charge < -0.3 is 10.1 Å². The van der Waals surface area contributed by atoms with E-state index in [1.165, 1.54) is 61.8 Å². The van der Waals surface area contributed by atoms with E-state index in [1.807, 2.05) is 0 Å². The summed E-state index contributed by atoms with van der Waals surface area (Å²) in [6, 6.07) is 4.54. The molecule has 1 rings (SSSR count). The van der Waals surface area contributed by atoms with Crippen LogP contribution in [-0.2, 0) is 6.42 Å². The molecule has 114 valence electrons. The quantitative estimate of drug-likeness (QED) is 0.639. The van der Waals surface area contributed by atoms with Crippen molar-refractivity contribution in [3.05, 3.63) is 28.8 Å². The summed E-state index contributed by atoms with van der Waals surface area (Å²) in [5, 5.41) is 3.46. The molecule has 0 aliphatic carbocycles. The average Bonchev–Trinajstić information content (AvgIpc) is 2.41. The monoisotopic (exact) mass is 277 g/mol. The maximum Gasteiger partial charge on any atom is 0.124 e. The molecule has 0 atom stereocenters. The first-order chi connectivity index (χ1) is 9.69. The lowest BCUT2D eigenvalue weighted by Gasteiger charge is -2.11. The van der Waals surface area contributed by atoms with E-state index in [2.05, 4.69) is 38.2 Å². The Bertz CT molecular complexity index is 364. The number of unbranched alkanes of at least 4 members (excludes halogenated alkanes) is 3. The van der Waals surface area contributed by atoms with Crippen LogP contribution in [0.3, 0.4) is 0 Å². The van der Waals surface area contributed by atoms with Crippen LogP contribution in [-0.4, -0.2) is 20.2 Å². The molecule has 20 heavy (non-hydrogen) atoms. The fourth-order valence-electron chi connectivity index (χ4n) is 2.74. The molecule has 0 fully saturated rings. The van der Waals surface area contributed by atoms with Gasteiger partial charge in [-0.25, -0.2) is 0 Å². The first-order valence-corrected chi connectivity index (χ1v) is 8.03. The van der Waals surface area contributed by atoms with Gasteiger partial charge in [0.1, 0.15) is 5.75 Å². The van der Waals surface area contributed by atoms with Crippen molar-refractivity contribution >= 4 is 0 Å². The molecule has 0 amide bonds. The van der Waals surface area contributed by atoms with E-state index >= 15 is 0 Å². The molecule has 0 saturated carbocycles. The van der Waals surface area contributed by atoms with Gasteiger partial charge in [0.2, 0.25) is 0 Å². The number of benzene rings is 1. The lowest BCUT2D eigenvalue weighted by Crippen LogP contribution is -2.15. The number of hydrogen-bond donors (Lipinski definition) is 1. The standard InChI is InChI=1S/C18H31NO/c1-5-11-19-12-9-7-6-8-10-17-13-15(2)18(20-4)16(3)14-17/h13-14,19H,5-12H2,1-4H3. The highest BCUT2D eigenvalue weighted by molar-refractivity contribution is 5.43. The van der Waals surface area contributed by atoms with Gasteiger partial charge in [-0.05, 0) is 69.3 Å². The summed E-state index contributed by atoms with van der Waals surface area (Å²) in [4.78, 5) is 0. The summed E-state index contributed by atoms with van der Waals surface area (Å²) in [5.41, 5.74) is 3.96. The molecule has 2 heteroatoms. The van der Waals surface area contributed by atoms with Crippen LogP contribution in [0.4, 0.5) is 0 Å². The van der Waals surface area contributed by atoms with E-state index in [1.54, 1.807) is 7.11 Å². The van der Waals surface area contributed by atoms with Crippen LogP contribution in [0.1, 0.15) is 55.7 Å². The van der Waals surface area contributed by atoms with Crippen LogP contribution in [0.25, 0.3) is 0 Å². The molecule has 0 unspecified atom stereocenters. The van der Waals surface area contributed by atoms with E-state index in [4.69, 9.17) is 4.74 Å². The van der Waals surface area contributed by atoms with E-state index in [0.29, 0.717) is 0 Å². The third-order valence-corrected chi connectivity index (χ3v) is 3.72. The SMILES string of the molecule is CCCNCCCCCCc1cc(C)c(OC)c(C)c1. The molecule has 0 bridgehead atoms. The highest BCUT2D eigenvalue weighted by atomic mass is 16.5. The van der Waals surface area contributed by atoms with Crippen molar-refractivity contribution in [2.45, 2.75) is 59.3 Å². The number of nitrogens with one attached hydrogen (secondary N) is 1. The van der Waals surface area contributed by atoms with Crippen molar-refractivity contribution in [1.29, 1.82) is 0 Å². The van der Waals surface area contributed by atoms with Gasteiger partial charge in [-0.1, -0.05) is 31.9 Å². The van der Waals surface area contributed by atoms with E-state index in [0.717, 1.165) is 12.3 Å². The second-order valence-corrected chi connectivity index (χ2v) is 5.68. The molecule has 0 aliphatic rings. The molecule has 1 aromatic carbocycles. The Balaban J connectivity index is 2.22. The summed E-state index contributed by atoms with van der Waals surface area (Å²) in [5.74, 6) is 1.04. The second-order valence-electron chi connectivity index (χ2n) is 5.68. The van der Waals surface area contributed by atoms with Crippen LogP contribution < -0.4 is 10.1 Å². The van der Waals surface area contributed by atoms with Crippen molar-refractivity contribution in [1.82, 2.24) is 5.32 Å². The van der Waals surface area contributed by atoms with Gasteiger partial charge in [-0.3, -0.25) is 0 Å². The molecule has 0 saturated heterocycles. The average molecular weight is 277 g/mol. The van der Waals surface area contributed by atoms with Crippen LogP contribution in [0.15, 0.2) is 12.1 Å². The highest BCUT2D eigenvalue weighted by Gasteiger charge is 2.04. The highest BCUT2D eigenvalue weighted by Crippen LogP contribution is 2.25. The van der Waals surface area contributed by atoms with Crippen LogP contribution in [0, 0.1) is 13.8 Å². The molecule has 0 spiro atoms. The van der Waals surface area contributed by atoms with E-state index < -0.39 is 0 Å². The van der Waals surface area contributed by atoms with E-state index in [9.17, 15) is 0 Å². The Labute approximate surface area is 124 Å². The van der Waals surface area contributed by atoms with Gasteiger partial charge in [0.15, 0.2) is 0 Å². The molecule has 1 N–H and O–H groups in total. The molecular formula is C18H31NO. The van der Waals surface area contributed by atoms with Crippen LogP contribution in [0.5, 0.6) is 5.75 Å². The molecular weight excluding hydrogens is 246 g/mol. The molecule has 2 nitrogen and oxygen atoms in total. The molecule has 0 aromatic heterocycles. The first-order valence-electron chi connectivity index (χ1n) is 8.03. The Kier molecular flexibility index (Phi) is 8.36. The zero-order chi connectivity index (χ0) is 14.8. The number of aryl methyl sites for hydroxylation is 3.